The lowest BCUT2D eigenvalue weighted by atomic mass is 10.1. The number of hydrogen-bond acceptors (Lipinski definition) is 5. The lowest BCUT2D eigenvalue weighted by Gasteiger charge is -2.32. The second-order valence-electron chi connectivity index (χ2n) is 7.16. The number of aromatic carboxylic acids is 1. The van der Waals surface area contributed by atoms with Crippen molar-refractivity contribution in [3.05, 3.63) is 78.4 Å². The molecule has 2 amide bonds. The number of carboxylic acids is 1. The molecule has 0 radical (unpaired) electrons. The van der Waals surface area contributed by atoms with E-state index in [0.29, 0.717) is 22.9 Å². The fourth-order valence-electron chi connectivity index (χ4n) is 3.28. The number of carbonyl (C=O) groups is 3. The zero-order chi connectivity index (χ0) is 22.7. The molecule has 3 aromatic rings. The Morgan fingerprint density at radius 1 is 1.03 bits per heavy atom. The summed E-state index contributed by atoms with van der Waals surface area (Å²) < 4.78 is 11.3. The van der Waals surface area contributed by atoms with Crippen LogP contribution in [-0.2, 0) is 9.59 Å². The van der Waals surface area contributed by atoms with Gasteiger partial charge in [-0.25, -0.2) is 4.79 Å². The molecule has 32 heavy (non-hydrogen) atoms. The van der Waals surface area contributed by atoms with Crippen LogP contribution in [0, 0.1) is 0 Å². The molecule has 8 heteroatoms. The minimum Gasteiger partial charge on any atom is -0.479 e. The Bertz CT molecular complexity index is 1160. The number of benzene rings is 3. The van der Waals surface area contributed by atoms with Crippen molar-refractivity contribution in [2.24, 2.45) is 0 Å². The highest BCUT2D eigenvalue weighted by molar-refractivity contribution is 6.06. The zero-order valence-electron chi connectivity index (χ0n) is 17.1. The smallest absolute Gasteiger partial charge is 0.335 e. The van der Waals surface area contributed by atoms with E-state index in [0.717, 1.165) is 0 Å². The Morgan fingerprint density at radius 3 is 2.41 bits per heavy atom. The molecule has 0 bridgehead atoms. The Hall–Kier alpha value is -4.33. The highest BCUT2D eigenvalue weighted by Gasteiger charge is 2.33. The molecule has 0 saturated carbocycles. The molecule has 0 spiro atoms. The zero-order valence-corrected chi connectivity index (χ0v) is 17.1. The van der Waals surface area contributed by atoms with Crippen molar-refractivity contribution in [1.82, 2.24) is 0 Å². The number of rotatable bonds is 6. The first kappa shape index (κ1) is 20.9. The fraction of sp³-hybridized carbons (Fsp3) is 0.125. The molecule has 0 fully saturated rings. The summed E-state index contributed by atoms with van der Waals surface area (Å²) in [7, 11) is 0. The van der Waals surface area contributed by atoms with Gasteiger partial charge in [-0.15, -0.1) is 0 Å². The van der Waals surface area contributed by atoms with Crippen molar-refractivity contribution in [3.8, 4) is 17.2 Å². The first-order chi connectivity index (χ1) is 15.4. The molecule has 2 N–H and O–H groups in total. The van der Waals surface area contributed by atoms with Gasteiger partial charge in [-0.3, -0.25) is 14.5 Å². The third-order valence-electron chi connectivity index (χ3n) is 4.83. The van der Waals surface area contributed by atoms with Gasteiger partial charge in [0.1, 0.15) is 23.8 Å². The molecule has 162 valence electrons. The number of para-hydroxylation sites is 1. The molecule has 8 nitrogen and oxygen atoms in total. The fourth-order valence-corrected chi connectivity index (χ4v) is 3.28. The SMILES string of the molecule is CC1Oc2cc(C(=O)O)ccc2N(CC(=O)Nc2ccc(Oc3ccccc3)cc2)C1=O. The van der Waals surface area contributed by atoms with Gasteiger partial charge in [0, 0.05) is 5.69 Å². The van der Waals surface area contributed by atoms with Crippen molar-refractivity contribution >= 4 is 29.2 Å². The number of hydrogen-bond donors (Lipinski definition) is 2. The third kappa shape index (κ3) is 4.54. The molecule has 4 rings (SSSR count). The van der Waals surface area contributed by atoms with Crippen molar-refractivity contribution in [2.45, 2.75) is 13.0 Å². The summed E-state index contributed by atoms with van der Waals surface area (Å²) in [4.78, 5) is 37.7. The Balaban J connectivity index is 1.44. The molecule has 3 aromatic carbocycles. The number of ether oxygens (including phenoxy) is 2. The molecule has 1 aliphatic rings. The van der Waals surface area contributed by atoms with Crippen LogP contribution >= 0.6 is 0 Å². The van der Waals surface area contributed by atoms with E-state index in [1.807, 2.05) is 30.3 Å². The average Bonchev–Trinajstić information content (AvgIpc) is 2.78. The lowest BCUT2D eigenvalue weighted by Crippen LogP contribution is -2.47. The summed E-state index contributed by atoms with van der Waals surface area (Å²) in [5.74, 6) is -0.333. The molecule has 0 aromatic heterocycles. The number of nitrogens with one attached hydrogen (secondary N) is 1. The highest BCUT2D eigenvalue weighted by Crippen LogP contribution is 2.35. The van der Waals surface area contributed by atoms with E-state index >= 15 is 0 Å². The van der Waals surface area contributed by atoms with Gasteiger partial charge < -0.3 is 19.9 Å². The second kappa shape index (κ2) is 8.81. The number of fused-ring (bicyclic) bond motifs is 1. The second-order valence-corrected chi connectivity index (χ2v) is 7.16. The molecule has 1 atom stereocenters. The van der Waals surface area contributed by atoms with Crippen LogP contribution in [0.15, 0.2) is 72.8 Å². The molecule has 0 aliphatic carbocycles. The molecule has 1 aliphatic heterocycles. The quantitative estimate of drug-likeness (QED) is 0.612. The van der Waals surface area contributed by atoms with E-state index in [4.69, 9.17) is 9.47 Å². The van der Waals surface area contributed by atoms with E-state index in [-0.39, 0.29) is 23.8 Å². The van der Waals surface area contributed by atoms with Crippen LogP contribution in [0.25, 0.3) is 0 Å². The van der Waals surface area contributed by atoms with Gasteiger partial charge in [-0.1, -0.05) is 18.2 Å². The summed E-state index contributed by atoms with van der Waals surface area (Å²) in [5, 5.41) is 11.9. The summed E-state index contributed by atoms with van der Waals surface area (Å²) in [5.41, 5.74) is 0.929. The predicted octanol–water partition coefficient (Wildman–Crippen LogP) is 3.93. The Labute approximate surface area is 184 Å². The van der Waals surface area contributed by atoms with E-state index in [9.17, 15) is 19.5 Å². The molecular weight excluding hydrogens is 412 g/mol. The number of amides is 2. The molecule has 1 unspecified atom stereocenters. The van der Waals surface area contributed by atoms with Crippen molar-refractivity contribution in [1.29, 1.82) is 0 Å². The summed E-state index contributed by atoms with van der Waals surface area (Å²) in [6.45, 7) is 1.31. The van der Waals surface area contributed by atoms with Crippen molar-refractivity contribution < 1.29 is 29.0 Å². The van der Waals surface area contributed by atoms with Crippen LogP contribution in [0.2, 0.25) is 0 Å². The van der Waals surface area contributed by atoms with Crippen LogP contribution in [0.1, 0.15) is 17.3 Å². The first-order valence-corrected chi connectivity index (χ1v) is 9.89. The monoisotopic (exact) mass is 432 g/mol. The molecule has 0 saturated heterocycles. The Morgan fingerprint density at radius 2 is 1.72 bits per heavy atom. The van der Waals surface area contributed by atoms with Crippen LogP contribution in [0.4, 0.5) is 11.4 Å². The van der Waals surface area contributed by atoms with E-state index in [1.165, 1.54) is 23.1 Å². The molecule has 1 heterocycles. The van der Waals surface area contributed by atoms with E-state index < -0.39 is 18.0 Å². The maximum Gasteiger partial charge on any atom is 0.335 e. The summed E-state index contributed by atoms with van der Waals surface area (Å²) >= 11 is 0. The Kier molecular flexibility index (Phi) is 5.76. The van der Waals surface area contributed by atoms with Gasteiger partial charge >= 0.3 is 5.97 Å². The lowest BCUT2D eigenvalue weighted by molar-refractivity contribution is -0.127. The number of carbonyl (C=O) groups excluding carboxylic acids is 2. The number of anilines is 2. The van der Waals surface area contributed by atoms with Crippen LogP contribution in [-0.4, -0.2) is 35.5 Å². The van der Waals surface area contributed by atoms with Crippen molar-refractivity contribution in [3.63, 3.8) is 0 Å². The average molecular weight is 432 g/mol. The maximum atomic E-state index is 12.6. The highest BCUT2D eigenvalue weighted by atomic mass is 16.5. The van der Waals surface area contributed by atoms with Gasteiger partial charge in [0.05, 0.1) is 11.3 Å². The standard InChI is InChI=1S/C24H20N2O6/c1-15-23(28)26(20-12-7-16(24(29)30)13-21(20)31-15)14-22(27)25-17-8-10-19(11-9-17)32-18-5-3-2-4-6-18/h2-13,15H,14H2,1H3,(H,25,27)(H,29,30). The summed E-state index contributed by atoms with van der Waals surface area (Å²) in [6.07, 6.45) is -0.839. The van der Waals surface area contributed by atoms with Gasteiger partial charge in [-0.2, -0.15) is 0 Å². The van der Waals surface area contributed by atoms with Crippen molar-refractivity contribution in [2.75, 3.05) is 16.8 Å². The van der Waals surface area contributed by atoms with Crippen LogP contribution < -0.4 is 19.7 Å². The third-order valence-corrected chi connectivity index (χ3v) is 4.83. The summed E-state index contributed by atoms with van der Waals surface area (Å²) in [6, 6.07) is 20.4. The maximum absolute atomic E-state index is 12.6. The minimum absolute atomic E-state index is 0.0347. The molecular formula is C24H20N2O6. The van der Waals surface area contributed by atoms with Gasteiger partial charge in [0.25, 0.3) is 5.91 Å². The minimum atomic E-state index is -1.11. The van der Waals surface area contributed by atoms with Crippen LogP contribution in [0.5, 0.6) is 17.2 Å². The van der Waals surface area contributed by atoms with Gasteiger partial charge in [-0.05, 0) is 61.5 Å². The number of carboxylic acid groups (broad SMARTS) is 1. The first-order valence-electron chi connectivity index (χ1n) is 9.89. The predicted molar refractivity (Wildman–Crippen MR) is 117 cm³/mol. The van der Waals surface area contributed by atoms with Gasteiger partial charge in [0.15, 0.2) is 6.10 Å². The van der Waals surface area contributed by atoms with E-state index in [2.05, 4.69) is 5.32 Å². The normalized spacial score (nSPS) is 14.8. The van der Waals surface area contributed by atoms with Gasteiger partial charge in [0.2, 0.25) is 5.91 Å². The topological polar surface area (TPSA) is 105 Å². The number of nitrogens with zero attached hydrogens (tertiary/aromatic N) is 1. The van der Waals surface area contributed by atoms with E-state index in [1.54, 1.807) is 31.2 Å². The largest absolute Gasteiger partial charge is 0.479 e. The van der Waals surface area contributed by atoms with Crippen LogP contribution in [0.3, 0.4) is 0 Å².